The summed E-state index contributed by atoms with van der Waals surface area (Å²) in [6.07, 6.45) is -5.78. The number of nitrogens with one attached hydrogen (secondary N) is 1. The van der Waals surface area contributed by atoms with E-state index in [-0.39, 0.29) is 28.3 Å². The van der Waals surface area contributed by atoms with Gasteiger partial charge in [-0.25, -0.2) is 9.37 Å². The topological polar surface area (TPSA) is 76.4 Å². The summed E-state index contributed by atoms with van der Waals surface area (Å²) in [5, 5.41) is 12.6. The lowest BCUT2D eigenvalue weighted by molar-refractivity contribution is -0.189. The average Bonchev–Trinajstić information content (AvgIpc) is 3.15. The van der Waals surface area contributed by atoms with Crippen LogP contribution < -0.4 is 10.1 Å². The summed E-state index contributed by atoms with van der Waals surface area (Å²) >= 11 is 0. The summed E-state index contributed by atoms with van der Waals surface area (Å²) in [5.74, 6) is -2.51. The monoisotopic (exact) mass is 482 g/mol. The molecule has 0 saturated carbocycles. The van der Waals surface area contributed by atoms with Crippen molar-refractivity contribution in [3.05, 3.63) is 65.4 Å². The molecule has 0 aliphatic carbocycles. The lowest BCUT2D eigenvalue weighted by atomic mass is 10.1. The zero-order valence-electron chi connectivity index (χ0n) is 21.8. The minimum Gasteiger partial charge on any atom is -0.480 e. The molecule has 0 aliphatic heterocycles. The minimum absolute atomic E-state index is 0.0126. The lowest BCUT2D eigenvalue weighted by Gasteiger charge is -2.20. The molecule has 34 heavy (non-hydrogen) atoms. The number of hydrogen-bond acceptors (Lipinski definition) is 4. The van der Waals surface area contributed by atoms with Gasteiger partial charge in [0.2, 0.25) is 0 Å². The van der Waals surface area contributed by atoms with Crippen molar-refractivity contribution in [1.29, 1.82) is 0 Å². The van der Waals surface area contributed by atoms with Crippen molar-refractivity contribution in [2.75, 3.05) is 5.32 Å². The second-order valence-corrected chi connectivity index (χ2v) is 8.25. The van der Waals surface area contributed by atoms with Gasteiger partial charge in [-0.15, -0.1) is 0 Å². The molecule has 1 atom stereocenters. The van der Waals surface area contributed by atoms with Gasteiger partial charge < -0.3 is 19.7 Å². The fraction of sp³-hybridized carbons (Fsp3) is 0.333. The first-order chi connectivity index (χ1) is 16.9. The number of nitrogens with zero attached hydrogens (tertiary/aromatic N) is 2. The van der Waals surface area contributed by atoms with Gasteiger partial charge in [0.1, 0.15) is 23.0 Å². The van der Waals surface area contributed by atoms with Crippen molar-refractivity contribution in [2.45, 2.75) is 45.5 Å². The Labute approximate surface area is 198 Å². The predicted octanol–water partition coefficient (Wildman–Crippen LogP) is 5.34. The molecule has 0 spiro atoms. The SMILES string of the molecule is [2H]C([2H])([2H])c1ccccc1NC(=O)c1cc(F)c(-c2cn(C)c(C(C)(C)O)n2)cc1O[C@@H](C)C(F)(F)F. The van der Waals surface area contributed by atoms with Crippen LogP contribution in [0.4, 0.5) is 23.2 Å². The van der Waals surface area contributed by atoms with Crippen molar-refractivity contribution in [2.24, 2.45) is 7.05 Å². The molecular formula is C24H25F4N3O3. The highest BCUT2D eigenvalue weighted by molar-refractivity contribution is 6.07. The summed E-state index contributed by atoms with van der Waals surface area (Å²) in [7, 11) is 1.55. The van der Waals surface area contributed by atoms with Gasteiger partial charge in [-0.05, 0) is 51.4 Å². The molecule has 0 saturated heterocycles. The van der Waals surface area contributed by atoms with E-state index in [0.717, 1.165) is 13.0 Å². The fourth-order valence-electron chi connectivity index (χ4n) is 3.23. The Kier molecular flexibility index (Phi) is 5.66. The van der Waals surface area contributed by atoms with Gasteiger partial charge in [0.15, 0.2) is 6.10 Å². The van der Waals surface area contributed by atoms with Gasteiger partial charge in [0.05, 0.1) is 11.3 Å². The van der Waals surface area contributed by atoms with Crippen LogP contribution in [-0.4, -0.2) is 32.8 Å². The molecule has 0 fully saturated rings. The molecule has 1 aromatic heterocycles. The van der Waals surface area contributed by atoms with Crippen LogP contribution >= 0.6 is 0 Å². The molecule has 1 heterocycles. The van der Waals surface area contributed by atoms with Crippen LogP contribution in [0, 0.1) is 12.7 Å². The molecule has 2 N–H and O–H groups in total. The standard InChI is InChI=1S/C24H25F4N3O3/c1-13-8-6-7-9-18(13)29-21(32)16-10-17(25)15(11-20(16)34-14(2)24(26,27)28)19-12-31(5)22(30-19)23(3,4)33/h6-12,14,33H,1-5H3,(H,29,32)/t14-/m0/s1/i1D3. The predicted molar refractivity (Wildman–Crippen MR) is 119 cm³/mol. The van der Waals surface area contributed by atoms with Crippen molar-refractivity contribution in [3.63, 3.8) is 0 Å². The highest BCUT2D eigenvalue weighted by atomic mass is 19.4. The van der Waals surface area contributed by atoms with E-state index in [4.69, 9.17) is 8.85 Å². The van der Waals surface area contributed by atoms with Gasteiger partial charge >= 0.3 is 6.18 Å². The van der Waals surface area contributed by atoms with Crippen LogP contribution in [0.2, 0.25) is 0 Å². The van der Waals surface area contributed by atoms with Gasteiger partial charge in [0, 0.05) is 28.6 Å². The van der Waals surface area contributed by atoms with Crippen LogP contribution in [0.5, 0.6) is 5.75 Å². The number of para-hydroxylation sites is 1. The molecule has 0 bridgehead atoms. The van der Waals surface area contributed by atoms with E-state index >= 15 is 4.39 Å². The summed E-state index contributed by atoms with van der Waals surface area (Å²) in [4.78, 5) is 17.3. The van der Waals surface area contributed by atoms with E-state index in [9.17, 15) is 23.1 Å². The van der Waals surface area contributed by atoms with Crippen LogP contribution in [0.15, 0.2) is 42.6 Å². The summed E-state index contributed by atoms with van der Waals surface area (Å²) in [5.41, 5.74) is -2.60. The van der Waals surface area contributed by atoms with Crippen molar-refractivity contribution < 1.29 is 36.3 Å². The lowest BCUT2D eigenvalue weighted by Crippen LogP contribution is -2.32. The smallest absolute Gasteiger partial charge is 0.425 e. The molecule has 3 rings (SSSR count). The van der Waals surface area contributed by atoms with E-state index in [1.165, 1.54) is 48.9 Å². The van der Waals surface area contributed by atoms with Gasteiger partial charge in [-0.2, -0.15) is 13.2 Å². The minimum atomic E-state index is -4.80. The van der Waals surface area contributed by atoms with E-state index in [2.05, 4.69) is 10.3 Å². The number of carbonyl (C=O) groups excluding carboxylic acids is 1. The number of aromatic nitrogens is 2. The average molecular weight is 482 g/mol. The first-order valence-corrected chi connectivity index (χ1v) is 10.1. The number of alkyl halides is 3. The van der Waals surface area contributed by atoms with Crippen molar-refractivity contribution in [1.82, 2.24) is 9.55 Å². The second kappa shape index (κ2) is 9.09. The Balaban J connectivity index is 2.12. The quantitative estimate of drug-likeness (QED) is 0.465. The molecule has 1 amide bonds. The van der Waals surface area contributed by atoms with Gasteiger partial charge in [-0.1, -0.05) is 18.2 Å². The van der Waals surface area contributed by atoms with Crippen molar-refractivity contribution >= 4 is 11.6 Å². The Morgan fingerprint density at radius 1 is 1.26 bits per heavy atom. The Morgan fingerprint density at radius 3 is 2.53 bits per heavy atom. The molecular weight excluding hydrogens is 454 g/mol. The maximum atomic E-state index is 15.2. The third kappa shape index (κ3) is 5.39. The highest BCUT2D eigenvalue weighted by Crippen LogP contribution is 2.34. The number of imidazole rings is 1. The zero-order chi connectivity index (χ0) is 27.9. The molecule has 0 aliphatic rings. The Hall–Kier alpha value is -3.40. The third-order valence-corrected chi connectivity index (χ3v) is 4.95. The Bertz CT molecular complexity index is 1320. The molecule has 10 heteroatoms. The van der Waals surface area contributed by atoms with Crippen LogP contribution in [0.25, 0.3) is 11.3 Å². The zero-order valence-corrected chi connectivity index (χ0v) is 18.8. The van der Waals surface area contributed by atoms with Crippen molar-refractivity contribution in [3.8, 4) is 17.0 Å². The number of anilines is 1. The number of aryl methyl sites for hydroxylation is 2. The van der Waals surface area contributed by atoms with Gasteiger partial charge in [0.25, 0.3) is 5.91 Å². The van der Waals surface area contributed by atoms with E-state index in [1.54, 1.807) is 7.05 Å². The van der Waals surface area contributed by atoms with Gasteiger partial charge in [-0.3, -0.25) is 4.79 Å². The van der Waals surface area contributed by atoms with E-state index in [1.807, 2.05) is 0 Å². The van der Waals surface area contributed by atoms with E-state index in [0.29, 0.717) is 6.07 Å². The van der Waals surface area contributed by atoms with Crippen LogP contribution in [-0.2, 0) is 12.6 Å². The number of ether oxygens (including phenoxy) is 1. The Morgan fingerprint density at radius 2 is 1.94 bits per heavy atom. The maximum Gasteiger partial charge on any atom is 0.425 e. The summed E-state index contributed by atoms with van der Waals surface area (Å²) < 4.78 is 84.4. The summed E-state index contributed by atoms with van der Waals surface area (Å²) in [6, 6.07) is 7.07. The number of rotatable bonds is 6. The fourth-order valence-corrected chi connectivity index (χ4v) is 3.23. The molecule has 0 radical (unpaired) electrons. The number of carbonyl (C=O) groups is 1. The second-order valence-electron chi connectivity index (χ2n) is 8.25. The molecule has 0 unspecified atom stereocenters. The number of aliphatic hydroxyl groups is 1. The van der Waals surface area contributed by atoms with E-state index < -0.39 is 47.8 Å². The molecule has 182 valence electrons. The highest BCUT2D eigenvalue weighted by Gasteiger charge is 2.39. The number of hydrogen-bond donors (Lipinski definition) is 2. The number of benzene rings is 2. The van der Waals surface area contributed by atoms with Crippen LogP contribution in [0.3, 0.4) is 0 Å². The van der Waals surface area contributed by atoms with Crippen LogP contribution in [0.1, 0.15) is 46.6 Å². The summed E-state index contributed by atoms with van der Waals surface area (Å²) in [6.45, 7) is 1.04. The third-order valence-electron chi connectivity index (χ3n) is 4.95. The molecule has 3 aromatic rings. The normalized spacial score (nSPS) is 14.7. The number of halogens is 4. The first-order valence-electron chi connectivity index (χ1n) is 11.6. The first kappa shape index (κ1) is 21.2. The molecule has 2 aromatic carbocycles. The maximum absolute atomic E-state index is 15.2. The number of amides is 1. The molecule has 6 nitrogen and oxygen atoms in total. The largest absolute Gasteiger partial charge is 0.480 e.